The van der Waals surface area contributed by atoms with Crippen molar-refractivity contribution in [1.29, 1.82) is 0 Å². The van der Waals surface area contributed by atoms with Crippen LogP contribution in [0.5, 0.6) is 0 Å². The predicted molar refractivity (Wildman–Crippen MR) is 99.5 cm³/mol. The van der Waals surface area contributed by atoms with Gasteiger partial charge in [0, 0.05) is 45.0 Å². The third-order valence-electron chi connectivity index (χ3n) is 4.95. The van der Waals surface area contributed by atoms with E-state index in [4.69, 9.17) is 0 Å². The van der Waals surface area contributed by atoms with E-state index >= 15 is 0 Å². The van der Waals surface area contributed by atoms with Gasteiger partial charge < -0.3 is 9.80 Å². The van der Waals surface area contributed by atoms with Gasteiger partial charge in [-0.2, -0.15) is 0 Å². The summed E-state index contributed by atoms with van der Waals surface area (Å²) in [6.45, 7) is 3.37. The van der Waals surface area contributed by atoms with Crippen molar-refractivity contribution in [3.8, 4) is 0 Å². The van der Waals surface area contributed by atoms with E-state index in [9.17, 15) is 9.18 Å². The first-order valence-corrected chi connectivity index (χ1v) is 9.07. The Morgan fingerprint density at radius 3 is 2.77 bits per heavy atom. The lowest BCUT2D eigenvalue weighted by molar-refractivity contribution is -0.132. The Labute approximate surface area is 153 Å². The molecule has 1 unspecified atom stereocenters. The van der Waals surface area contributed by atoms with Crippen molar-refractivity contribution in [3.63, 3.8) is 0 Å². The van der Waals surface area contributed by atoms with E-state index in [1.54, 1.807) is 30.6 Å². The van der Waals surface area contributed by atoms with Gasteiger partial charge in [0.1, 0.15) is 5.82 Å². The van der Waals surface area contributed by atoms with Crippen molar-refractivity contribution in [2.45, 2.75) is 38.6 Å². The van der Waals surface area contributed by atoms with Crippen molar-refractivity contribution >= 4 is 11.9 Å². The van der Waals surface area contributed by atoms with Crippen molar-refractivity contribution in [2.75, 3.05) is 25.0 Å². The Balaban J connectivity index is 1.58. The molecule has 1 aliphatic heterocycles. The molecule has 0 radical (unpaired) electrons. The first-order chi connectivity index (χ1) is 12.5. The van der Waals surface area contributed by atoms with Crippen LogP contribution in [0.25, 0.3) is 0 Å². The SMILES string of the molecule is Cc1cnc(N(C)C2CCCN(C(=O)CCc3ccccc3F)C2)nc1. The van der Waals surface area contributed by atoms with Gasteiger partial charge in [-0.05, 0) is 43.4 Å². The van der Waals surface area contributed by atoms with Crippen molar-refractivity contribution in [2.24, 2.45) is 0 Å². The van der Waals surface area contributed by atoms with E-state index in [2.05, 4.69) is 14.9 Å². The van der Waals surface area contributed by atoms with Gasteiger partial charge in [-0.15, -0.1) is 0 Å². The summed E-state index contributed by atoms with van der Waals surface area (Å²) in [5, 5.41) is 0. The third-order valence-corrected chi connectivity index (χ3v) is 4.95. The fraction of sp³-hybridized carbons (Fsp3) is 0.450. The Hall–Kier alpha value is -2.50. The summed E-state index contributed by atoms with van der Waals surface area (Å²) >= 11 is 0. The lowest BCUT2D eigenvalue weighted by atomic mass is 10.0. The zero-order chi connectivity index (χ0) is 18.5. The molecule has 3 rings (SSSR count). The number of anilines is 1. The number of rotatable bonds is 5. The molecular formula is C20H25FN4O. The fourth-order valence-electron chi connectivity index (χ4n) is 3.33. The van der Waals surface area contributed by atoms with Gasteiger partial charge in [0.25, 0.3) is 0 Å². The van der Waals surface area contributed by atoms with Crippen LogP contribution in [-0.2, 0) is 11.2 Å². The number of aryl methyl sites for hydroxylation is 2. The van der Waals surface area contributed by atoms with Gasteiger partial charge in [0.2, 0.25) is 11.9 Å². The van der Waals surface area contributed by atoms with E-state index in [1.807, 2.05) is 18.9 Å². The normalized spacial score (nSPS) is 17.2. The summed E-state index contributed by atoms with van der Waals surface area (Å²) in [5.41, 5.74) is 1.62. The quantitative estimate of drug-likeness (QED) is 0.826. The molecule has 1 atom stereocenters. The molecule has 26 heavy (non-hydrogen) atoms. The number of carbonyl (C=O) groups is 1. The number of amides is 1. The summed E-state index contributed by atoms with van der Waals surface area (Å²) in [7, 11) is 1.97. The van der Waals surface area contributed by atoms with Gasteiger partial charge in [0.15, 0.2) is 0 Å². The van der Waals surface area contributed by atoms with E-state index in [1.165, 1.54) is 6.07 Å². The van der Waals surface area contributed by atoms with Crippen LogP contribution in [0.2, 0.25) is 0 Å². The maximum Gasteiger partial charge on any atom is 0.225 e. The van der Waals surface area contributed by atoms with Crippen LogP contribution >= 0.6 is 0 Å². The van der Waals surface area contributed by atoms with Gasteiger partial charge in [-0.3, -0.25) is 4.79 Å². The van der Waals surface area contributed by atoms with Crippen molar-refractivity contribution in [1.82, 2.24) is 14.9 Å². The molecule has 2 aromatic rings. The summed E-state index contributed by atoms with van der Waals surface area (Å²) in [4.78, 5) is 25.3. The second-order valence-corrected chi connectivity index (χ2v) is 6.90. The van der Waals surface area contributed by atoms with Crippen LogP contribution in [0.3, 0.4) is 0 Å². The molecule has 1 aromatic carbocycles. The maximum atomic E-state index is 13.7. The summed E-state index contributed by atoms with van der Waals surface area (Å²) in [5.74, 6) is 0.519. The monoisotopic (exact) mass is 356 g/mol. The Morgan fingerprint density at radius 2 is 2.04 bits per heavy atom. The Morgan fingerprint density at radius 1 is 1.31 bits per heavy atom. The molecule has 1 saturated heterocycles. The average Bonchev–Trinajstić information content (AvgIpc) is 2.67. The van der Waals surface area contributed by atoms with Gasteiger partial charge in [-0.1, -0.05) is 18.2 Å². The second-order valence-electron chi connectivity index (χ2n) is 6.90. The second kappa shape index (κ2) is 8.25. The molecule has 138 valence electrons. The van der Waals surface area contributed by atoms with Crippen LogP contribution in [-0.4, -0.2) is 47.0 Å². The van der Waals surface area contributed by atoms with Crippen LogP contribution in [0.15, 0.2) is 36.7 Å². The molecule has 0 aliphatic carbocycles. The standard InChI is InChI=1S/C20H25FN4O/c1-15-12-22-20(23-13-15)24(2)17-7-5-11-25(14-17)19(26)10-9-16-6-3-4-8-18(16)21/h3-4,6,8,12-13,17H,5,7,9-11,14H2,1-2H3. The van der Waals surface area contributed by atoms with Crippen LogP contribution in [0.1, 0.15) is 30.4 Å². The molecule has 1 amide bonds. The third kappa shape index (κ3) is 4.36. The fourth-order valence-corrected chi connectivity index (χ4v) is 3.33. The zero-order valence-corrected chi connectivity index (χ0v) is 15.4. The molecule has 1 fully saturated rings. The number of nitrogens with zero attached hydrogens (tertiary/aromatic N) is 4. The molecule has 1 aliphatic rings. The van der Waals surface area contributed by atoms with Gasteiger partial charge in [-0.25, -0.2) is 14.4 Å². The number of hydrogen-bond donors (Lipinski definition) is 0. The highest BCUT2D eigenvalue weighted by molar-refractivity contribution is 5.76. The first kappa shape index (κ1) is 18.3. The first-order valence-electron chi connectivity index (χ1n) is 9.07. The number of carbonyl (C=O) groups excluding carboxylic acids is 1. The molecular weight excluding hydrogens is 331 g/mol. The number of piperidine rings is 1. The minimum absolute atomic E-state index is 0.0798. The summed E-state index contributed by atoms with van der Waals surface area (Å²) in [6, 6.07) is 6.84. The molecule has 2 heterocycles. The molecule has 0 bridgehead atoms. The molecule has 0 saturated carbocycles. The average molecular weight is 356 g/mol. The van der Waals surface area contributed by atoms with Crippen molar-refractivity contribution in [3.05, 3.63) is 53.6 Å². The molecule has 1 aromatic heterocycles. The number of aromatic nitrogens is 2. The summed E-state index contributed by atoms with van der Waals surface area (Å²) < 4.78 is 13.7. The van der Waals surface area contributed by atoms with Crippen molar-refractivity contribution < 1.29 is 9.18 Å². The number of hydrogen-bond acceptors (Lipinski definition) is 4. The van der Waals surface area contributed by atoms with Crippen LogP contribution < -0.4 is 4.90 Å². The highest BCUT2D eigenvalue weighted by atomic mass is 19.1. The highest BCUT2D eigenvalue weighted by Gasteiger charge is 2.27. The Kier molecular flexibility index (Phi) is 5.81. The zero-order valence-electron chi connectivity index (χ0n) is 15.4. The molecule has 5 nitrogen and oxygen atoms in total. The number of benzene rings is 1. The minimum atomic E-state index is -0.243. The maximum absolute atomic E-state index is 13.7. The number of likely N-dealkylation sites (N-methyl/N-ethyl adjacent to an activating group) is 1. The smallest absolute Gasteiger partial charge is 0.225 e. The largest absolute Gasteiger partial charge is 0.341 e. The summed E-state index contributed by atoms with van der Waals surface area (Å²) in [6.07, 6.45) is 6.33. The lowest BCUT2D eigenvalue weighted by Crippen LogP contribution is -2.49. The number of halogens is 1. The van der Waals surface area contributed by atoms with Crippen LogP contribution in [0.4, 0.5) is 10.3 Å². The molecule has 6 heteroatoms. The van der Waals surface area contributed by atoms with E-state index in [0.717, 1.165) is 24.9 Å². The lowest BCUT2D eigenvalue weighted by Gasteiger charge is -2.37. The van der Waals surface area contributed by atoms with Crippen LogP contribution in [0, 0.1) is 12.7 Å². The highest BCUT2D eigenvalue weighted by Crippen LogP contribution is 2.20. The molecule has 0 N–H and O–H groups in total. The minimum Gasteiger partial charge on any atom is -0.341 e. The van der Waals surface area contributed by atoms with Gasteiger partial charge >= 0.3 is 0 Å². The van der Waals surface area contributed by atoms with E-state index in [0.29, 0.717) is 30.9 Å². The number of likely N-dealkylation sites (tertiary alicyclic amines) is 1. The topological polar surface area (TPSA) is 49.3 Å². The Bertz CT molecular complexity index is 750. The molecule has 0 spiro atoms. The van der Waals surface area contributed by atoms with E-state index < -0.39 is 0 Å². The predicted octanol–water partition coefficient (Wildman–Crippen LogP) is 2.98. The van der Waals surface area contributed by atoms with Gasteiger partial charge in [0.05, 0.1) is 0 Å². The van der Waals surface area contributed by atoms with E-state index in [-0.39, 0.29) is 17.8 Å².